The Morgan fingerprint density at radius 3 is 2.68 bits per heavy atom. The van der Waals surface area contributed by atoms with Crippen LogP contribution in [0, 0.1) is 6.92 Å². The van der Waals surface area contributed by atoms with Gasteiger partial charge in [0.15, 0.2) is 5.78 Å². The molecule has 0 aliphatic carbocycles. The summed E-state index contributed by atoms with van der Waals surface area (Å²) in [6, 6.07) is 6.21. The van der Waals surface area contributed by atoms with Crippen LogP contribution in [0.25, 0.3) is 10.9 Å². The average molecular weight is 258 g/mol. The van der Waals surface area contributed by atoms with Crippen LogP contribution in [0.1, 0.15) is 36.2 Å². The highest BCUT2D eigenvalue weighted by Crippen LogP contribution is 2.24. The Morgan fingerprint density at radius 1 is 1.37 bits per heavy atom. The molecule has 102 valence electrons. The zero-order valence-electron chi connectivity index (χ0n) is 12.2. The molecule has 1 aromatic heterocycles. The molecule has 1 N–H and O–H groups in total. The molecule has 1 atom stereocenters. The van der Waals surface area contributed by atoms with Crippen molar-refractivity contribution in [2.45, 2.75) is 39.8 Å². The summed E-state index contributed by atoms with van der Waals surface area (Å²) in [6.45, 7) is 7.07. The number of nitrogens with zero attached hydrogens (tertiary/aromatic N) is 1. The van der Waals surface area contributed by atoms with E-state index in [9.17, 15) is 4.79 Å². The molecule has 0 saturated heterocycles. The lowest BCUT2D eigenvalue weighted by Crippen LogP contribution is -2.33. The Hall–Kier alpha value is -1.61. The third-order valence-corrected chi connectivity index (χ3v) is 3.72. The van der Waals surface area contributed by atoms with Crippen LogP contribution < -0.4 is 5.32 Å². The number of Topliss-reactive ketones (excluding diaryl/α,β-unsaturated/α-hetero) is 1. The van der Waals surface area contributed by atoms with Gasteiger partial charge in [-0.05, 0) is 39.4 Å². The first-order valence-corrected chi connectivity index (χ1v) is 6.93. The van der Waals surface area contributed by atoms with Crippen molar-refractivity contribution in [1.29, 1.82) is 0 Å². The van der Waals surface area contributed by atoms with Crippen LogP contribution in [0.5, 0.6) is 0 Å². The summed E-state index contributed by atoms with van der Waals surface area (Å²) in [5.41, 5.74) is 3.16. The SMILES string of the molecule is CCC(NC)C(=O)c1cn(CC)c2ccc(C)cc12. The number of aryl methyl sites for hydroxylation is 2. The number of carbonyl (C=O) groups excluding carboxylic acids is 1. The molecule has 3 nitrogen and oxygen atoms in total. The largest absolute Gasteiger partial charge is 0.347 e. The van der Waals surface area contributed by atoms with E-state index in [1.54, 1.807) is 0 Å². The summed E-state index contributed by atoms with van der Waals surface area (Å²) in [7, 11) is 1.84. The second kappa shape index (κ2) is 5.57. The van der Waals surface area contributed by atoms with E-state index in [1.807, 2.05) is 20.2 Å². The number of carbonyl (C=O) groups is 1. The van der Waals surface area contributed by atoms with Crippen molar-refractivity contribution >= 4 is 16.7 Å². The quantitative estimate of drug-likeness (QED) is 0.836. The molecular formula is C16H22N2O. The highest BCUT2D eigenvalue weighted by Gasteiger charge is 2.20. The smallest absolute Gasteiger partial charge is 0.181 e. The average Bonchev–Trinajstić information content (AvgIpc) is 2.77. The fourth-order valence-corrected chi connectivity index (χ4v) is 2.58. The van der Waals surface area contributed by atoms with E-state index in [-0.39, 0.29) is 11.8 Å². The third-order valence-electron chi connectivity index (χ3n) is 3.72. The lowest BCUT2D eigenvalue weighted by atomic mass is 10.0. The number of fused-ring (bicyclic) bond motifs is 1. The van der Waals surface area contributed by atoms with Gasteiger partial charge < -0.3 is 9.88 Å². The Balaban J connectivity index is 2.59. The van der Waals surface area contributed by atoms with Crippen molar-refractivity contribution in [1.82, 2.24) is 9.88 Å². The maximum atomic E-state index is 12.6. The minimum absolute atomic E-state index is 0.101. The minimum Gasteiger partial charge on any atom is -0.347 e. The van der Waals surface area contributed by atoms with Gasteiger partial charge in [0.1, 0.15) is 0 Å². The Labute approximate surface area is 114 Å². The van der Waals surface area contributed by atoms with Gasteiger partial charge in [0.2, 0.25) is 0 Å². The fourth-order valence-electron chi connectivity index (χ4n) is 2.58. The van der Waals surface area contributed by atoms with E-state index >= 15 is 0 Å². The molecule has 0 amide bonds. The van der Waals surface area contributed by atoms with E-state index in [2.05, 4.69) is 41.9 Å². The van der Waals surface area contributed by atoms with E-state index in [1.165, 1.54) is 5.56 Å². The number of rotatable bonds is 5. The lowest BCUT2D eigenvalue weighted by Gasteiger charge is -2.11. The van der Waals surface area contributed by atoms with Crippen LogP contribution >= 0.6 is 0 Å². The number of ketones is 1. The van der Waals surface area contributed by atoms with Crippen molar-refractivity contribution in [2.24, 2.45) is 0 Å². The molecule has 19 heavy (non-hydrogen) atoms. The van der Waals surface area contributed by atoms with Gasteiger partial charge in [0.25, 0.3) is 0 Å². The molecule has 0 fully saturated rings. The molecule has 0 aliphatic heterocycles. The van der Waals surface area contributed by atoms with Gasteiger partial charge in [-0.1, -0.05) is 18.6 Å². The lowest BCUT2D eigenvalue weighted by molar-refractivity contribution is 0.0946. The Kier molecular flexibility index (Phi) is 4.05. The van der Waals surface area contributed by atoms with Crippen molar-refractivity contribution in [2.75, 3.05) is 7.05 Å². The summed E-state index contributed by atoms with van der Waals surface area (Å²) in [5, 5.41) is 4.17. The van der Waals surface area contributed by atoms with Crippen molar-refractivity contribution < 1.29 is 4.79 Å². The molecule has 0 bridgehead atoms. The highest BCUT2D eigenvalue weighted by atomic mass is 16.1. The number of hydrogen-bond acceptors (Lipinski definition) is 2. The summed E-state index contributed by atoms with van der Waals surface area (Å²) in [5.74, 6) is 0.188. The standard InChI is InChI=1S/C16H22N2O/c1-5-14(17-4)16(19)13-10-18(6-2)15-8-7-11(3)9-12(13)15/h7-10,14,17H,5-6H2,1-4H3. The summed E-state index contributed by atoms with van der Waals surface area (Å²) < 4.78 is 2.14. The topological polar surface area (TPSA) is 34.0 Å². The fraction of sp³-hybridized carbons (Fsp3) is 0.438. The molecule has 0 radical (unpaired) electrons. The first-order chi connectivity index (χ1) is 9.12. The van der Waals surface area contributed by atoms with Crippen molar-refractivity contribution in [3.8, 4) is 0 Å². The van der Waals surface area contributed by atoms with E-state index in [4.69, 9.17) is 0 Å². The molecule has 0 saturated carbocycles. The number of likely N-dealkylation sites (N-methyl/N-ethyl adjacent to an activating group) is 1. The summed E-state index contributed by atoms with van der Waals surface area (Å²) in [4.78, 5) is 12.6. The van der Waals surface area contributed by atoms with Crippen molar-refractivity contribution in [3.63, 3.8) is 0 Å². The molecule has 1 heterocycles. The molecule has 0 aliphatic rings. The number of nitrogens with one attached hydrogen (secondary N) is 1. The van der Waals surface area contributed by atoms with Gasteiger partial charge in [-0.25, -0.2) is 0 Å². The molecule has 0 spiro atoms. The molecule has 3 heteroatoms. The Morgan fingerprint density at radius 2 is 2.11 bits per heavy atom. The molecular weight excluding hydrogens is 236 g/mol. The first kappa shape index (κ1) is 13.8. The van der Waals surface area contributed by atoms with Crippen molar-refractivity contribution in [3.05, 3.63) is 35.5 Å². The third kappa shape index (κ3) is 2.43. The molecule has 2 rings (SSSR count). The summed E-state index contributed by atoms with van der Waals surface area (Å²) >= 11 is 0. The minimum atomic E-state index is -0.101. The van der Waals surface area contributed by atoms with Crippen LogP contribution in [0.3, 0.4) is 0 Å². The molecule has 1 aromatic carbocycles. The van der Waals surface area contributed by atoms with Crippen LogP contribution in [-0.4, -0.2) is 23.4 Å². The monoisotopic (exact) mass is 258 g/mol. The van der Waals surface area contributed by atoms with Crippen LogP contribution in [0.2, 0.25) is 0 Å². The van der Waals surface area contributed by atoms with E-state index in [0.717, 1.165) is 29.4 Å². The van der Waals surface area contributed by atoms with Gasteiger partial charge in [0.05, 0.1) is 6.04 Å². The Bertz CT molecular complexity index is 594. The number of benzene rings is 1. The van der Waals surface area contributed by atoms with Crippen LogP contribution in [0.15, 0.2) is 24.4 Å². The number of aromatic nitrogens is 1. The summed E-state index contributed by atoms with van der Waals surface area (Å²) in [6.07, 6.45) is 2.80. The maximum absolute atomic E-state index is 12.6. The van der Waals surface area contributed by atoms with E-state index in [0.29, 0.717) is 0 Å². The first-order valence-electron chi connectivity index (χ1n) is 6.93. The molecule has 2 aromatic rings. The zero-order valence-corrected chi connectivity index (χ0v) is 12.2. The number of hydrogen-bond donors (Lipinski definition) is 1. The predicted molar refractivity (Wildman–Crippen MR) is 79.8 cm³/mol. The highest BCUT2D eigenvalue weighted by molar-refractivity contribution is 6.10. The normalized spacial score (nSPS) is 12.8. The van der Waals surface area contributed by atoms with Crippen LogP contribution in [-0.2, 0) is 6.54 Å². The van der Waals surface area contributed by atoms with Gasteiger partial charge in [-0.3, -0.25) is 4.79 Å². The van der Waals surface area contributed by atoms with Gasteiger partial charge in [-0.2, -0.15) is 0 Å². The van der Waals surface area contributed by atoms with Crippen LogP contribution in [0.4, 0.5) is 0 Å². The predicted octanol–water partition coefficient (Wildman–Crippen LogP) is 3.15. The van der Waals surface area contributed by atoms with Gasteiger partial charge in [-0.15, -0.1) is 0 Å². The second-order valence-electron chi connectivity index (χ2n) is 4.96. The molecule has 1 unspecified atom stereocenters. The second-order valence-corrected chi connectivity index (χ2v) is 4.96. The van der Waals surface area contributed by atoms with Gasteiger partial charge >= 0.3 is 0 Å². The zero-order chi connectivity index (χ0) is 14.0. The van der Waals surface area contributed by atoms with Gasteiger partial charge in [0, 0.05) is 29.2 Å². The van der Waals surface area contributed by atoms with E-state index < -0.39 is 0 Å². The maximum Gasteiger partial charge on any atom is 0.181 e.